The van der Waals surface area contributed by atoms with E-state index >= 15 is 0 Å². The molecule has 0 aliphatic carbocycles. The van der Waals surface area contributed by atoms with Gasteiger partial charge in [-0.1, -0.05) is 20.3 Å². The van der Waals surface area contributed by atoms with Crippen LogP contribution >= 0.6 is 0 Å². The number of rotatable bonds is 2. The summed E-state index contributed by atoms with van der Waals surface area (Å²) >= 11 is 0. The van der Waals surface area contributed by atoms with Crippen LogP contribution in [0.3, 0.4) is 0 Å². The third-order valence-corrected chi connectivity index (χ3v) is 4.42. The molecule has 0 aromatic rings. The lowest BCUT2D eigenvalue weighted by Gasteiger charge is -2.59. The Kier molecular flexibility index (Phi) is 4.85. The molecule has 3 fully saturated rings. The highest BCUT2D eigenvalue weighted by Gasteiger charge is 2.51. The summed E-state index contributed by atoms with van der Waals surface area (Å²) in [6, 6.07) is 0. The molecule has 0 saturated carbocycles. The van der Waals surface area contributed by atoms with Crippen LogP contribution in [-0.2, 0) is 4.79 Å². The summed E-state index contributed by atoms with van der Waals surface area (Å²) in [5, 5.41) is 0. The van der Waals surface area contributed by atoms with E-state index in [9.17, 15) is 4.79 Å². The number of hydrogen-bond acceptors (Lipinski definition) is 3. The van der Waals surface area contributed by atoms with Gasteiger partial charge in [-0.15, -0.1) is 0 Å². The van der Waals surface area contributed by atoms with Gasteiger partial charge in [0, 0.05) is 31.6 Å². The fourth-order valence-electron chi connectivity index (χ4n) is 3.65. The molecule has 3 aliphatic rings. The van der Waals surface area contributed by atoms with Gasteiger partial charge in [0.2, 0.25) is 5.91 Å². The van der Waals surface area contributed by atoms with Crippen molar-refractivity contribution in [2.45, 2.75) is 33.1 Å². The van der Waals surface area contributed by atoms with Crippen LogP contribution in [0.25, 0.3) is 0 Å². The Morgan fingerprint density at radius 2 is 1.58 bits per heavy atom. The molecule has 3 aliphatic heterocycles. The van der Waals surface area contributed by atoms with Gasteiger partial charge in [-0.2, -0.15) is 0 Å². The van der Waals surface area contributed by atoms with E-state index in [1.54, 1.807) is 0 Å². The maximum absolute atomic E-state index is 12.1. The largest absolute Gasteiger partial charge is 0.340 e. The van der Waals surface area contributed by atoms with E-state index in [0.717, 1.165) is 26.2 Å². The first-order valence-electron chi connectivity index (χ1n) is 7.86. The first kappa shape index (κ1) is 14.8. The Morgan fingerprint density at radius 3 is 2.11 bits per heavy atom. The molecule has 0 radical (unpaired) electrons. The lowest BCUT2D eigenvalue weighted by Crippen LogP contribution is -2.72. The van der Waals surface area contributed by atoms with E-state index < -0.39 is 0 Å². The molecule has 0 aromatic carbocycles. The summed E-state index contributed by atoms with van der Waals surface area (Å²) in [7, 11) is 2.16. The zero-order valence-electron chi connectivity index (χ0n) is 12.8. The number of piperidine rings is 1. The first-order valence-corrected chi connectivity index (χ1v) is 7.86. The van der Waals surface area contributed by atoms with E-state index in [0.29, 0.717) is 17.9 Å². The van der Waals surface area contributed by atoms with Crippen molar-refractivity contribution in [3.05, 3.63) is 0 Å². The highest BCUT2D eigenvalue weighted by molar-refractivity contribution is 5.79. The van der Waals surface area contributed by atoms with Crippen LogP contribution in [0.4, 0.5) is 0 Å². The van der Waals surface area contributed by atoms with Crippen molar-refractivity contribution in [3.63, 3.8) is 0 Å². The molecule has 1 spiro atoms. The monoisotopic (exact) mass is 267 g/mol. The second-order valence-corrected chi connectivity index (χ2v) is 6.26. The third kappa shape index (κ3) is 3.29. The molecule has 3 saturated heterocycles. The van der Waals surface area contributed by atoms with Gasteiger partial charge in [-0.3, -0.25) is 9.69 Å². The van der Waals surface area contributed by atoms with Gasteiger partial charge < -0.3 is 9.80 Å². The fraction of sp³-hybridized carbons (Fsp3) is 0.933. The Morgan fingerprint density at radius 1 is 1.00 bits per heavy atom. The lowest BCUT2D eigenvalue weighted by atomic mass is 9.73. The topological polar surface area (TPSA) is 26.8 Å². The number of carbonyl (C=O) groups excluding carboxylic acids is 1. The first-order chi connectivity index (χ1) is 9.17. The molecule has 0 unspecified atom stereocenters. The van der Waals surface area contributed by atoms with Crippen molar-refractivity contribution in [1.29, 1.82) is 0 Å². The van der Waals surface area contributed by atoms with Crippen LogP contribution < -0.4 is 0 Å². The Hall–Kier alpha value is -0.610. The van der Waals surface area contributed by atoms with E-state index in [1.165, 1.54) is 32.4 Å². The predicted octanol–water partition coefficient (Wildman–Crippen LogP) is 1.27. The summed E-state index contributed by atoms with van der Waals surface area (Å²) in [4.78, 5) is 18.8. The van der Waals surface area contributed by atoms with Crippen LogP contribution in [0.15, 0.2) is 0 Å². The molecule has 3 rings (SSSR count). The predicted molar refractivity (Wildman–Crippen MR) is 78.1 cm³/mol. The van der Waals surface area contributed by atoms with Gasteiger partial charge >= 0.3 is 0 Å². The van der Waals surface area contributed by atoms with Crippen LogP contribution in [0, 0.1) is 5.41 Å². The Labute approximate surface area is 117 Å². The zero-order valence-corrected chi connectivity index (χ0v) is 12.8. The third-order valence-electron chi connectivity index (χ3n) is 4.42. The molecule has 0 bridgehead atoms. The Bertz CT molecular complexity index is 299. The van der Waals surface area contributed by atoms with Crippen molar-refractivity contribution in [2.24, 2.45) is 5.41 Å². The van der Waals surface area contributed by atoms with Crippen LogP contribution in [0.5, 0.6) is 0 Å². The molecule has 0 aromatic heterocycles. The maximum Gasteiger partial charge on any atom is 0.236 e. The summed E-state index contributed by atoms with van der Waals surface area (Å²) < 4.78 is 0. The van der Waals surface area contributed by atoms with Gasteiger partial charge in [0.15, 0.2) is 0 Å². The van der Waals surface area contributed by atoms with Crippen LogP contribution in [0.2, 0.25) is 0 Å². The Balaban J connectivity index is 0.000000637. The molecular weight excluding hydrogens is 238 g/mol. The number of amides is 1. The summed E-state index contributed by atoms with van der Waals surface area (Å²) in [6.45, 7) is 11.3. The van der Waals surface area contributed by atoms with Gasteiger partial charge in [0.05, 0.1) is 6.54 Å². The molecule has 1 amide bonds. The molecule has 0 atom stereocenters. The second kappa shape index (κ2) is 6.23. The molecule has 110 valence electrons. The number of hydrogen-bond donors (Lipinski definition) is 0. The molecule has 0 N–H and O–H groups in total. The molecule has 4 heteroatoms. The van der Waals surface area contributed by atoms with Gasteiger partial charge in [0.25, 0.3) is 0 Å². The van der Waals surface area contributed by atoms with Crippen molar-refractivity contribution in [3.8, 4) is 0 Å². The fourth-order valence-corrected chi connectivity index (χ4v) is 3.65. The van der Waals surface area contributed by atoms with Crippen LogP contribution in [0.1, 0.15) is 33.1 Å². The van der Waals surface area contributed by atoms with E-state index in [4.69, 9.17) is 0 Å². The number of carbonyl (C=O) groups is 1. The summed E-state index contributed by atoms with van der Waals surface area (Å²) in [5.74, 6) is 0.354. The minimum atomic E-state index is 0.354. The van der Waals surface area contributed by atoms with E-state index in [1.807, 2.05) is 13.8 Å². The highest BCUT2D eigenvalue weighted by atomic mass is 16.2. The van der Waals surface area contributed by atoms with Crippen molar-refractivity contribution < 1.29 is 4.79 Å². The zero-order chi connectivity index (χ0) is 13.9. The lowest BCUT2D eigenvalue weighted by molar-refractivity contribution is -0.157. The van der Waals surface area contributed by atoms with Crippen LogP contribution in [-0.4, -0.2) is 73.5 Å². The molecule has 19 heavy (non-hydrogen) atoms. The normalized spacial score (nSPS) is 26.2. The van der Waals surface area contributed by atoms with Crippen molar-refractivity contribution in [2.75, 3.05) is 52.9 Å². The number of likely N-dealkylation sites (tertiary alicyclic amines) is 3. The van der Waals surface area contributed by atoms with Gasteiger partial charge in [-0.25, -0.2) is 0 Å². The summed E-state index contributed by atoms with van der Waals surface area (Å²) in [5.41, 5.74) is 0.478. The van der Waals surface area contributed by atoms with Gasteiger partial charge in [0.1, 0.15) is 0 Å². The van der Waals surface area contributed by atoms with E-state index in [2.05, 4.69) is 21.7 Å². The minimum Gasteiger partial charge on any atom is -0.340 e. The SMILES string of the molecule is CC.CN1CC2(C1)CN(C(=O)CN1CCCCC1)C2. The number of nitrogens with zero attached hydrogens (tertiary/aromatic N) is 3. The van der Waals surface area contributed by atoms with E-state index in [-0.39, 0.29) is 0 Å². The smallest absolute Gasteiger partial charge is 0.236 e. The van der Waals surface area contributed by atoms with Crippen molar-refractivity contribution in [1.82, 2.24) is 14.7 Å². The maximum atomic E-state index is 12.1. The quantitative estimate of drug-likeness (QED) is 0.754. The van der Waals surface area contributed by atoms with Gasteiger partial charge in [-0.05, 0) is 33.0 Å². The average Bonchev–Trinajstić information content (AvgIpc) is 2.35. The molecular formula is C15H29N3O. The standard InChI is InChI=1S/C13H23N3O.C2H6/c1-14-8-13(9-14)10-16(11-13)12(17)7-15-5-3-2-4-6-15;1-2/h2-11H2,1H3;1-2H3. The molecule has 4 nitrogen and oxygen atoms in total. The second-order valence-electron chi connectivity index (χ2n) is 6.26. The molecule has 3 heterocycles. The van der Waals surface area contributed by atoms with Crippen molar-refractivity contribution >= 4 is 5.91 Å². The highest BCUT2D eigenvalue weighted by Crippen LogP contribution is 2.38. The summed E-state index contributed by atoms with van der Waals surface area (Å²) in [6.07, 6.45) is 3.87. The average molecular weight is 267 g/mol. The minimum absolute atomic E-state index is 0.354.